The Balaban J connectivity index is 1.69. The lowest BCUT2D eigenvalue weighted by atomic mass is 9.97. The number of thioether (sulfide) groups is 1. The fourth-order valence-corrected chi connectivity index (χ4v) is 3.06. The number of pyridine rings is 1. The first kappa shape index (κ1) is 15.8. The van der Waals surface area contributed by atoms with E-state index in [1.165, 1.54) is 0 Å². The van der Waals surface area contributed by atoms with Gasteiger partial charge in [-0.05, 0) is 25.5 Å². The van der Waals surface area contributed by atoms with Crippen molar-refractivity contribution in [2.45, 2.75) is 24.8 Å². The van der Waals surface area contributed by atoms with Crippen LogP contribution >= 0.6 is 11.8 Å². The van der Waals surface area contributed by atoms with Gasteiger partial charge in [-0.3, -0.25) is 9.59 Å². The van der Waals surface area contributed by atoms with E-state index in [4.69, 9.17) is 0 Å². The van der Waals surface area contributed by atoms with Crippen molar-refractivity contribution in [3.8, 4) is 0 Å². The molecule has 1 fully saturated rings. The van der Waals surface area contributed by atoms with Crippen LogP contribution in [0, 0.1) is 5.92 Å². The highest BCUT2D eigenvalue weighted by Crippen LogP contribution is 2.18. The lowest BCUT2D eigenvalue weighted by Crippen LogP contribution is -2.45. The molecular formula is C15H21N3O2S. The molecule has 1 N–H and O–H groups in total. The van der Waals surface area contributed by atoms with Gasteiger partial charge >= 0.3 is 0 Å². The molecule has 0 radical (unpaired) electrons. The van der Waals surface area contributed by atoms with Crippen LogP contribution in [0.3, 0.4) is 0 Å². The molecule has 2 rings (SSSR count). The molecule has 1 atom stereocenters. The SMILES string of the molecule is CCN1CC(C(=O)NCCSc2ccccn2)CCC1=O. The standard InChI is InChI=1S/C15H21N3O2S/c1-2-18-11-12(6-7-14(18)19)15(20)17-9-10-21-13-5-3-4-8-16-13/h3-5,8,12H,2,6-7,9-11H2,1H3,(H,17,20). The van der Waals surface area contributed by atoms with Crippen molar-refractivity contribution in [1.29, 1.82) is 0 Å². The third kappa shape index (κ3) is 4.74. The van der Waals surface area contributed by atoms with E-state index in [-0.39, 0.29) is 17.7 Å². The van der Waals surface area contributed by atoms with Crippen LogP contribution in [0.4, 0.5) is 0 Å². The van der Waals surface area contributed by atoms with Crippen molar-refractivity contribution in [3.05, 3.63) is 24.4 Å². The van der Waals surface area contributed by atoms with Gasteiger partial charge in [-0.1, -0.05) is 6.07 Å². The summed E-state index contributed by atoms with van der Waals surface area (Å²) in [5.41, 5.74) is 0. The fourth-order valence-electron chi connectivity index (χ4n) is 2.34. The van der Waals surface area contributed by atoms with E-state index in [1.54, 1.807) is 22.9 Å². The molecule has 114 valence electrons. The number of piperidine rings is 1. The maximum Gasteiger partial charge on any atom is 0.224 e. The number of nitrogens with zero attached hydrogens (tertiary/aromatic N) is 2. The predicted molar refractivity (Wildman–Crippen MR) is 82.9 cm³/mol. The molecule has 0 saturated carbocycles. The molecule has 1 aliphatic heterocycles. The van der Waals surface area contributed by atoms with Gasteiger partial charge in [-0.15, -0.1) is 11.8 Å². The second-order valence-electron chi connectivity index (χ2n) is 4.98. The van der Waals surface area contributed by atoms with Crippen molar-refractivity contribution in [2.75, 3.05) is 25.4 Å². The summed E-state index contributed by atoms with van der Waals surface area (Å²) in [6, 6.07) is 5.79. The highest BCUT2D eigenvalue weighted by atomic mass is 32.2. The van der Waals surface area contributed by atoms with Crippen LogP contribution in [0.15, 0.2) is 29.4 Å². The molecule has 1 unspecified atom stereocenters. The number of hydrogen-bond acceptors (Lipinski definition) is 4. The molecule has 1 aromatic rings. The second kappa shape index (κ2) is 8.02. The smallest absolute Gasteiger partial charge is 0.224 e. The number of amides is 2. The number of aromatic nitrogens is 1. The monoisotopic (exact) mass is 307 g/mol. The van der Waals surface area contributed by atoms with E-state index in [0.717, 1.165) is 10.8 Å². The van der Waals surface area contributed by atoms with Gasteiger partial charge in [0, 0.05) is 38.0 Å². The Labute approximate surface area is 129 Å². The van der Waals surface area contributed by atoms with Gasteiger partial charge in [0.05, 0.1) is 10.9 Å². The van der Waals surface area contributed by atoms with Gasteiger partial charge in [0.15, 0.2) is 0 Å². The number of carbonyl (C=O) groups is 2. The molecule has 1 saturated heterocycles. The van der Waals surface area contributed by atoms with Crippen LogP contribution in [0.25, 0.3) is 0 Å². The normalized spacial score (nSPS) is 18.6. The minimum Gasteiger partial charge on any atom is -0.355 e. The lowest BCUT2D eigenvalue weighted by Gasteiger charge is -2.30. The summed E-state index contributed by atoms with van der Waals surface area (Å²) in [5, 5.41) is 3.92. The summed E-state index contributed by atoms with van der Waals surface area (Å²) in [6.45, 7) is 3.80. The molecule has 5 nitrogen and oxygen atoms in total. The molecule has 0 bridgehead atoms. The Kier molecular flexibility index (Phi) is 6.04. The van der Waals surface area contributed by atoms with Gasteiger partial charge < -0.3 is 10.2 Å². The largest absolute Gasteiger partial charge is 0.355 e. The minimum atomic E-state index is -0.0671. The molecular weight excluding hydrogens is 286 g/mol. The molecule has 0 spiro atoms. The lowest BCUT2D eigenvalue weighted by molar-refractivity contribution is -0.138. The van der Waals surface area contributed by atoms with Crippen molar-refractivity contribution in [2.24, 2.45) is 5.92 Å². The van der Waals surface area contributed by atoms with Crippen molar-refractivity contribution in [1.82, 2.24) is 15.2 Å². The Morgan fingerprint density at radius 2 is 2.38 bits per heavy atom. The van der Waals surface area contributed by atoms with Crippen LogP contribution in [0.2, 0.25) is 0 Å². The van der Waals surface area contributed by atoms with E-state index >= 15 is 0 Å². The van der Waals surface area contributed by atoms with E-state index in [9.17, 15) is 9.59 Å². The second-order valence-corrected chi connectivity index (χ2v) is 6.09. The zero-order valence-electron chi connectivity index (χ0n) is 12.2. The summed E-state index contributed by atoms with van der Waals surface area (Å²) in [5.74, 6) is 0.948. The summed E-state index contributed by atoms with van der Waals surface area (Å²) in [4.78, 5) is 29.7. The van der Waals surface area contributed by atoms with Gasteiger partial charge in [0.2, 0.25) is 11.8 Å². The average Bonchev–Trinajstić information content (AvgIpc) is 2.53. The topological polar surface area (TPSA) is 62.3 Å². The first-order valence-electron chi connectivity index (χ1n) is 7.30. The third-order valence-corrected chi connectivity index (χ3v) is 4.49. The summed E-state index contributed by atoms with van der Waals surface area (Å²) >= 11 is 1.62. The third-order valence-electron chi connectivity index (χ3n) is 3.54. The Morgan fingerprint density at radius 3 is 3.10 bits per heavy atom. The molecule has 0 aromatic carbocycles. The van der Waals surface area contributed by atoms with Gasteiger partial charge in [-0.25, -0.2) is 4.98 Å². The van der Waals surface area contributed by atoms with Crippen molar-refractivity contribution in [3.63, 3.8) is 0 Å². The Hall–Kier alpha value is -1.56. The number of nitrogens with one attached hydrogen (secondary N) is 1. The van der Waals surface area contributed by atoms with Gasteiger partial charge in [-0.2, -0.15) is 0 Å². The van der Waals surface area contributed by atoms with Gasteiger partial charge in [0.25, 0.3) is 0 Å². The van der Waals surface area contributed by atoms with Crippen molar-refractivity contribution < 1.29 is 9.59 Å². The van der Waals surface area contributed by atoms with E-state index < -0.39 is 0 Å². The summed E-state index contributed by atoms with van der Waals surface area (Å²) < 4.78 is 0. The number of rotatable bonds is 6. The highest BCUT2D eigenvalue weighted by molar-refractivity contribution is 7.99. The molecule has 6 heteroatoms. The first-order valence-corrected chi connectivity index (χ1v) is 8.28. The fraction of sp³-hybridized carbons (Fsp3) is 0.533. The average molecular weight is 307 g/mol. The van der Waals surface area contributed by atoms with E-state index in [0.29, 0.717) is 32.5 Å². The van der Waals surface area contributed by atoms with Crippen molar-refractivity contribution >= 4 is 23.6 Å². The first-order chi connectivity index (χ1) is 10.2. The Morgan fingerprint density at radius 1 is 1.52 bits per heavy atom. The van der Waals surface area contributed by atoms with Crippen LogP contribution < -0.4 is 5.32 Å². The molecule has 2 heterocycles. The number of likely N-dealkylation sites (tertiary alicyclic amines) is 1. The van der Waals surface area contributed by atoms with Crippen LogP contribution in [-0.2, 0) is 9.59 Å². The maximum absolute atomic E-state index is 12.1. The quantitative estimate of drug-likeness (QED) is 0.640. The number of carbonyl (C=O) groups excluding carboxylic acids is 2. The summed E-state index contributed by atoms with van der Waals surface area (Å²) in [6.07, 6.45) is 2.91. The van der Waals surface area contributed by atoms with Crippen LogP contribution in [-0.4, -0.2) is 47.1 Å². The molecule has 1 aliphatic rings. The van der Waals surface area contributed by atoms with E-state index in [1.807, 2.05) is 25.1 Å². The van der Waals surface area contributed by atoms with E-state index in [2.05, 4.69) is 10.3 Å². The molecule has 0 aliphatic carbocycles. The Bertz CT molecular complexity index is 481. The zero-order chi connectivity index (χ0) is 15.1. The van der Waals surface area contributed by atoms with Gasteiger partial charge in [0.1, 0.15) is 0 Å². The molecule has 21 heavy (non-hydrogen) atoms. The molecule has 2 amide bonds. The molecule has 1 aromatic heterocycles. The zero-order valence-corrected chi connectivity index (χ0v) is 13.1. The number of hydrogen-bond donors (Lipinski definition) is 1. The minimum absolute atomic E-state index is 0.0579. The van der Waals surface area contributed by atoms with Crippen LogP contribution in [0.1, 0.15) is 19.8 Å². The summed E-state index contributed by atoms with van der Waals surface area (Å²) in [7, 11) is 0. The predicted octanol–water partition coefficient (Wildman–Crippen LogP) is 1.55. The van der Waals surface area contributed by atoms with Crippen LogP contribution in [0.5, 0.6) is 0 Å². The highest BCUT2D eigenvalue weighted by Gasteiger charge is 2.28. The maximum atomic E-state index is 12.1.